The zero-order valence-corrected chi connectivity index (χ0v) is 19.2. The third kappa shape index (κ3) is 3.42. The fourth-order valence-electron chi connectivity index (χ4n) is 5.53. The predicted molar refractivity (Wildman–Crippen MR) is 127 cm³/mol. The van der Waals surface area contributed by atoms with Crippen LogP contribution in [0.15, 0.2) is 41.2 Å². The first-order valence-corrected chi connectivity index (χ1v) is 11.6. The Hall–Kier alpha value is -3.19. The minimum Gasteiger partial charge on any atom is -0.478 e. The van der Waals surface area contributed by atoms with Gasteiger partial charge in [0.1, 0.15) is 5.82 Å². The summed E-state index contributed by atoms with van der Waals surface area (Å²) in [5, 5.41) is 13.5. The molecule has 1 aromatic heterocycles. The molecule has 0 radical (unpaired) electrons. The number of ether oxygens (including phenoxy) is 1. The number of carbonyl (C=O) groups is 1. The average molecular weight is 448 g/mol. The van der Waals surface area contributed by atoms with E-state index in [2.05, 4.69) is 12.2 Å². The Morgan fingerprint density at radius 1 is 1.36 bits per heavy atom. The van der Waals surface area contributed by atoms with E-state index in [4.69, 9.17) is 9.72 Å². The van der Waals surface area contributed by atoms with Gasteiger partial charge >= 0.3 is 5.97 Å². The molecule has 172 valence electrons. The molecule has 2 N–H and O–H groups in total. The van der Waals surface area contributed by atoms with Gasteiger partial charge in [0.05, 0.1) is 34.5 Å². The lowest BCUT2D eigenvalue weighted by molar-refractivity contribution is 0.0698. The quantitative estimate of drug-likeness (QED) is 0.594. The average Bonchev–Trinajstić information content (AvgIpc) is 3.39. The Labute approximate surface area is 192 Å². The molecule has 2 aliphatic rings. The SMILES string of the molecule is CC[C@H]1C[C@]2(CCOC2)c2nc3c([C@@H](C)Nc4ccccc4C(=O)O)cc(C)cc3c(=O)n21. The Balaban J connectivity index is 1.68. The van der Waals surface area contributed by atoms with Gasteiger partial charge < -0.3 is 15.2 Å². The first-order valence-electron chi connectivity index (χ1n) is 11.6. The van der Waals surface area contributed by atoms with Gasteiger partial charge in [0, 0.05) is 23.9 Å². The van der Waals surface area contributed by atoms with E-state index >= 15 is 0 Å². The molecular weight excluding hydrogens is 418 g/mol. The Morgan fingerprint density at radius 3 is 2.85 bits per heavy atom. The summed E-state index contributed by atoms with van der Waals surface area (Å²) in [6.07, 6.45) is 2.64. The summed E-state index contributed by atoms with van der Waals surface area (Å²) in [7, 11) is 0. The standard InChI is InChI=1S/C26H29N3O4/c1-4-17-13-26(9-10-33-14-26)25-28-22-19(11-15(2)12-20(22)23(30)29(17)25)16(3)27-21-8-6-5-7-18(21)24(31)32/h5-8,11-12,16-17,27H,4,9-10,13-14H2,1-3H3,(H,31,32)/t16-,17+,26+/m1/s1. The van der Waals surface area contributed by atoms with Crippen molar-refractivity contribution in [3.05, 3.63) is 69.3 Å². The van der Waals surface area contributed by atoms with E-state index in [9.17, 15) is 14.7 Å². The zero-order chi connectivity index (χ0) is 23.3. The fourth-order valence-corrected chi connectivity index (χ4v) is 5.53. The maximum Gasteiger partial charge on any atom is 0.337 e. The number of nitrogens with one attached hydrogen (secondary N) is 1. The minimum atomic E-state index is -0.984. The van der Waals surface area contributed by atoms with Crippen molar-refractivity contribution in [3.8, 4) is 0 Å². The molecule has 7 nitrogen and oxygen atoms in total. The number of fused-ring (bicyclic) bond motifs is 3. The third-order valence-electron chi connectivity index (χ3n) is 7.22. The molecule has 1 saturated heterocycles. The van der Waals surface area contributed by atoms with Gasteiger partial charge in [0.25, 0.3) is 5.56 Å². The summed E-state index contributed by atoms with van der Waals surface area (Å²) >= 11 is 0. The second kappa shape index (κ2) is 7.99. The van der Waals surface area contributed by atoms with Gasteiger partial charge in [-0.1, -0.05) is 25.1 Å². The zero-order valence-electron chi connectivity index (χ0n) is 19.2. The molecule has 0 aliphatic carbocycles. The highest BCUT2D eigenvalue weighted by Crippen LogP contribution is 2.46. The van der Waals surface area contributed by atoms with E-state index in [0.717, 1.165) is 36.2 Å². The van der Waals surface area contributed by atoms with Gasteiger partial charge in [-0.05, 0) is 56.9 Å². The van der Waals surface area contributed by atoms with Crippen LogP contribution in [0.3, 0.4) is 0 Å². The number of aromatic nitrogens is 2. The van der Waals surface area contributed by atoms with Crippen molar-refractivity contribution in [2.75, 3.05) is 18.5 Å². The molecule has 3 atom stereocenters. The Kier molecular flexibility index (Phi) is 5.24. The molecule has 3 aromatic rings. The highest BCUT2D eigenvalue weighted by Gasteiger charge is 2.48. The summed E-state index contributed by atoms with van der Waals surface area (Å²) in [6, 6.07) is 10.7. The molecule has 2 aromatic carbocycles. The lowest BCUT2D eigenvalue weighted by Gasteiger charge is -2.22. The van der Waals surface area contributed by atoms with Crippen LogP contribution in [0.25, 0.3) is 10.9 Å². The van der Waals surface area contributed by atoms with Gasteiger partial charge in [0.2, 0.25) is 0 Å². The van der Waals surface area contributed by atoms with Crippen LogP contribution in [0.2, 0.25) is 0 Å². The van der Waals surface area contributed by atoms with Gasteiger partial charge in [-0.2, -0.15) is 0 Å². The largest absolute Gasteiger partial charge is 0.478 e. The van der Waals surface area contributed by atoms with Gasteiger partial charge in [0.15, 0.2) is 0 Å². The topological polar surface area (TPSA) is 93.5 Å². The molecule has 1 fully saturated rings. The van der Waals surface area contributed by atoms with Crippen LogP contribution in [-0.4, -0.2) is 33.8 Å². The number of hydrogen-bond donors (Lipinski definition) is 2. The lowest BCUT2D eigenvalue weighted by Crippen LogP contribution is -2.29. The number of aromatic carboxylic acids is 1. The number of nitrogens with zero attached hydrogens (tertiary/aromatic N) is 2. The number of hydrogen-bond acceptors (Lipinski definition) is 5. The summed E-state index contributed by atoms with van der Waals surface area (Å²) in [6.45, 7) is 7.36. The highest BCUT2D eigenvalue weighted by atomic mass is 16.5. The van der Waals surface area contributed by atoms with E-state index in [1.807, 2.05) is 36.6 Å². The third-order valence-corrected chi connectivity index (χ3v) is 7.22. The molecule has 1 spiro atoms. The van der Waals surface area contributed by atoms with E-state index in [1.165, 1.54) is 0 Å². The molecule has 0 amide bonds. The maximum absolute atomic E-state index is 13.7. The maximum atomic E-state index is 13.7. The molecular formula is C26H29N3O4. The van der Waals surface area contributed by atoms with Crippen LogP contribution < -0.4 is 10.9 Å². The minimum absolute atomic E-state index is 0.00807. The second-order valence-corrected chi connectivity index (χ2v) is 9.43. The summed E-state index contributed by atoms with van der Waals surface area (Å²) < 4.78 is 7.69. The molecule has 33 heavy (non-hydrogen) atoms. The highest BCUT2D eigenvalue weighted by molar-refractivity contribution is 5.94. The summed E-state index contributed by atoms with van der Waals surface area (Å²) in [5.41, 5.74) is 3.10. The number of aryl methyl sites for hydroxylation is 1. The van der Waals surface area contributed by atoms with Crippen molar-refractivity contribution in [3.63, 3.8) is 0 Å². The molecule has 5 rings (SSSR count). The number of rotatable bonds is 5. The van der Waals surface area contributed by atoms with Crippen molar-refractivity contribution < 1.29 is 14.6 Å². The normalized spacial score (nSPS) is 22.6. The molecule has 0 bridgehead atoms. The van der Waals surface area contributed by atoms with Crippen LogP contribution >= 0.6 is 0 Å². The molecule has 7 heteroatoms. The Morgan fingerprint density at radius 2 is 2.15 bits per heavy atom. The first-order chi connectivity index (χ1) is 15.8. The van der Waals surface area contributed by atoms with Crippen molar-refractivity contribution in [1.82, 2.24) is 9.55 Å². The summed E-state index contributed by atoms with van der Waals surface area (Å²) in [5.74, 6) is -0.144. The number of carboxylic acids is 1. The van der Waals surface area contributed by atoms with Gasteiger partial charge in [-0.15, -0.1) is 0 Å². The van der Waals surface area contributed by atoms with Crippen LogP contribution in [0.4, 0.5) is 5.69 Å². The Bertz CT molecular complexity index is 1310. The number of benzene rings is 2. The van der Waals surface area contributed by atoms with E-state index in [1.54, 1.807) is 18.2 Å². The second-order valence-electron chi connectivity index (χ2n) is 9.43. The molecule has 2 aliphatic heterocycles. The lowest BCUT2D eigenvalue weighted by atomic mass is 9.83. The molecule has 0 unspecified atom stereocenters. The predicted octanol–water partition coefficient (Wildman–Crippen LogP) is 4.59. The monoisotopic (exact) mass is 447 g/mol. The molecule has 0 saturated carbocycles. The molecule has 3 heterocycles. The number of carboxylic acid groups (broad SMARTS) is 1. The van der Waals surface area contributed by atoms with Crippen LogP contribution in [-0.2, 0) is 10.2 Å². The van der Waals surface area contributed by atoms with Crippen molar-refractivity contribution in [2.45, 2.75) is 57.5 Å². The number of anilines is 1. The van der Waals surface area contributed by atoms with Crippen LogP contribution in [0.1, 0.15) is 72.5 Å². The van der Waals surface area contributed by atoms with Crippen LogP contribution in [0, 0.1) is 6.92 Å². The van der Waals surface area contributed by atoms with Crippen molar-refractivity contribution >= 4 is 22.6 Å². The van der Waals surface area contributed by atoms with Gasteiger partial charge in [-0.25, -0.2) is 9.78 Å². The van der Waals surface area contributed by atoms with Gasteiger partial charge in [-0.3, -0.25) is 9.36 Å². The van der Waals surface area contributed by atoms with Crippen molar-refractivity contribution in [1.29, 1.82) is 0 Å². The smallest absolute Gasteiger partial charge is 0.337 e. The van der Waals surface area contributed by atoms with E-state index in [-0.39, 0.29) is 28.6 Å². The fraction of sp³-hybridized carbons (Fsp3) is 0.423. The number of para-hydroxylation sites is 1. The van der Waals surface area contributed by atoms with E-state index < -0.39 is 5.97 Å². The summed E-state index contributed by atoms with van der Waals surface area (Å²) in [4.78, 5) is 30.6. The van der Waals surface area contributed by atoms with Crippen LogP contribution in [0.5, 0.6) is 0 Å². The first kappa shape index (κ1) is 21.6. The van der Waals surface area contributed by atoms with Crippen molar-refractivity contribution in [2.24, 2.45) is 0 Å². The van der Waals surface area contributed by atoms with E-state index in [0.29, 0.717) is 29.8 Å².